The van der Waals surface area contributed by atoms with E-state index in [1.807, 2.05) is 31.2 Å². The Balaban J connectivity index is 2.46. The van der Waals surface area contributed by atoms with Crippen molar-refractivity contribution >= 4 is 22.7 Å². The van der Waals surface area contributed by atoms with Crippen molar-refractivity contribution in [1.82, 2.24) is 0 Å². The predicted molar refractivity (Wildman–Crippen MR) is 58.0 cm³/mol. The van der Waals surface area contributed by atoms with E-state index in [1.165, 1.54) is 5.56 Å². The van der Waals surface area contributed by atoms with Crippen molar-refractivity contribution in [2.45, 2.75) is 25.8 Å². The lowest BCUT2D eigenvalue weighted by Crippen LogP contribution is -2.38. The van der Waals surface area contributed by atoms with Gasteiger partial charge in [-0.1, -0.05) is 18.2 Å². The molecule has 1 amide bonds. The van der Waals surface area contributed by atoms with Crippen LogP contribution in [0.1, 0.15) is 18.9 Å². The molecule has 0 radical (unpaired) electrons. The van der Waals surface area contributed by atoms with Crippen molar-refractivity contribution < 1.29 is 4.79 Å². The topological polar surface area (TPSA) is 20.3 Å². The zero-order chi connectivity index (χ0) is 10.1. The van der Waals surface area contributed by atoms with E-state index in [0.717, 1.165) is 18.5 Å². The highest BCUT2D eigenvalue weighted by molar-refractivity contribution is 6.66. The highest BCUT2D eigenvalue weighted by Crippen LogP contribution is 2.31. The maximum atomic E-state index is 11.3. The molecule has 0 unspecified atom stereocenters. The molecule has 3 heteroatoms. The number of benzene rings is 1. The molecular weight excluding hydrogens is 198 g/mol. The van der Waals surface area contributed by atoms with Crippen LogP contribution >= 0.6 is 11.6 Å². The summed E-state index contributed by atoms with van der Waals surface area (Å²) in [5.41, 5.74) is 2.17. The molecule has 1 aliphatic rings. The molecule has 0 saturated heterocycles. The zero-order valence-electron chi connectivity index (χ0n) is 8.03. The van der Waals surface area contributed by atoms with Crippen LogP contribution in [0.25, 0.3) is 0 Å². The van der Waals surface area contributed by atoms with Crippen molar-refractivity contribution in [2.24, 2.45) is 0 Å². The first-order valence-electron chi connectivity index (χ1n) is 4.77. The number of halogens is 1. The van der Waals surface area contributed by atoms with E-state index in [0.29, 0.717) is 0 Å². The third-order valence-electron chi connectivity index (χ3n) is 2.71. The number of para-hydroxylation sites is 1. The summed E-state index contributed by atoms with van der Waals surface area (Å²) in [6, 6.07) is 8.13. The van der Waals surface area contributed by atoms with Gasteiger partial charge in [0.2, 0.25) is 0 Å². The second kappa shape index (κ2) is 3.62. The molecule has 0 fully saturated rings. The van der Waals surface area contributed by atoms with Crippen molar-refractivity contribution in [3.63, 3.8) is 0 Å². The first-order chi connectivity index (χ1) is 6.70. The highest BCUT2D eigenvalue weighted by Gasteiger charge is 2.26. The molecule has 0 saturated carbocycles. The molecule has 14 heavy (non-hydrogen) atoms. The Hall–Kier alpha value is -1.02. The molecular formula is C11H12ClNO. The van der Waals surface area contributed by atoms with E-state index >= 15 is 0 Å². The minimum atomic E-state index is -0.385. The second-order valence-corrected chi connectivity index (χ2v) is 3.96. The van der Waals surface area contributed by atoms with Crippen molar-refractivity contribution in [2.75, 3.05) is 4.90 Å². The average molecular weight is 210 g/mol. The number of rotatable bonds is 0. The molecule has 0 spiro atoms. The number of anilines is 1. The van der Waals surface area contributed by atoms with Gasteiger partial charge in [-0.2, -0.15) is 0 Å². The van der Waals surface area contributed by atoms with E-state index in [1.54, 1.807) is 4.90 Å². The maximum absolute atomic E-state index is 11.3. The van der Waals surface area contributed by atoms with Gasteiger partial charge in [-0.25, -0.2) is 0 Å². The quantitative estimate of drug-likeness (QED) is 0.475. The summed E-state index contributed by atoms with van der Waals surface area (Å²) in [5.74, 6) is 0. The lowest BCUT2D eigenvalue weighted by Gasteiger charge is -2.33. The fraction of sp³-hybridized carbons (Fsp3) is 0.364. The number of aryl methyl sites for hydroxylation is 1. The molecule has 1 aromatic rings. The van der Waals surface area contributed by atoms with E-state index in [9.17, 15) is 4.79 Å². The first-order valence-corrected chi connectivity index (χ1v) is 5.14. The molecule has 1 aliphatic heterocycles. The van der Waals surface area contributed by atoms with Crippen LogP contribution in [0.5, 0.6) is 0 Å². The first kappa shape index (κ1) is 9.53. The van der Waals surface area contributed by atoms with Gasteiger partial charge in [0.25, 0.3) is 0 Å². The number of carbonyl (C=O) groups is 1. The molecule has 1 heterocycles. The van der Waals surface area contributed by atoms with Crippen LogP contribution in [-0.2, 0) is 6.42 Å². The van der Waals surface area contributed by atoms with Crippen LogP contribution in [0, 0.1) is 0 Å². The van der Waals surface area contributed by atoms with E-state index in [4.69, 9.17) is 11.6 Å². The Kier molecular flexibility index (Phi) is 2.46. The lowest BCUT2D eigenvalue weighted by molar-refractivity contribution is 0.261. The Morgan fingerprint density at radius 2 is 2.21 bits per heavy atom. The Morgan fingerprint density at radius 1 is 1.50 bits per heavy atom. The average Bonchev–Trinajstić information content (AvgIpc) is 2.17. The van der Waals surface area contributed by atoms with Crippen molar-refractivity contribution in [1.29, 1.82) is 0 Å². The minimum Gasteiger partial charge on any atom is -0.296 e. The molecule has 1 atom stereocenters. The van der Waals surface area contributed by atoms with Crippen LogP contribution in [0.3, 0.4) is 0 Å². The van der Waals surface area contributed by atoms with E-state index < -0.39 is 0 Å². The molecule has 0 aromatic heterocycles. The molecule has 2 rings (SSSR count). The number of hydrogen-bond donors (Lipinski definition) is 0. The van der Waals surface area contributed by atoms with Gasteiger partial charge in [-0.3, -0.25) is 9.69 Å². The van der Waals surface area contributed by atoms with E-state index in [2.05, 4.69) is 0 Å². The lowest BCUT2D eigenvalue weighted by atomic mass is 9.97. The van der Waals surface area contributed by atoms with Crippen molar-refractivity contribution in [3.8, 4) is 0 Å². The third-order valence-corrected chi connectivity index (χ3v) is 2.89. The number of carbonyl (C=O) groups excluding carboxylic acids is 1. The summed E-state index contributed by atoms with van der Waals surface area (Å²) in [7, 11) is 0. The highest BCUT2D eigenvalue weighted by atomic mass is 35.5. The zero-order valence-corrected chi connectivity index (χ0v) is 8.79. The van der Waals surface area contributed by atoms with Crippen LogP contribution in [0.4, 0.5) is 10.5 Å². The smallest absolute Gasteiger partial charge is 0.296 e. The van der Waals surface area contributed by atoms with Gasteiger partial charge >= 0.3 is 5.37 Å². The summed E-state index contributed by atoms with van der Waals surface area (Å²) < 4.78 is 0. The molecule has 0 bridgehead atoms. The largest absolute Gasteiger partial charge is 0.321 e. The Labute approximate surface area is 88.5 Å². The van der Waals surface area contributed by atoms with Crippen LogP contribution in [-0.4, -0.2) is 11.4 Å². The number of fused-ring (bicyclic) bond motifs is 1. The summed E-state index contributed by atoms with van der Waals surface area (Å²) in [6.07, 6.45) is 2.01. The van der Waals surface area contributed by atoms with Crippen LogP contribution in [0.15, 0.2) is 24.3 Å². The molecule has 2 nitrogen and oxygen atoms in total. The molecule has 0 N–H and O–H groups in total. The van der Waals surface area contributed by atoms with Gasteiger partial charge in [-0.05, 0) is 43.0 Å². The molecule has 1 aromatic carbocycles. The Morgan fingerprint density at radius 3 is 2.93 bits per heavy atom. The van der Waals surface area contributed by atoms with Crippen LogP contribution < -0.4 is 4.90 Å². The molecule has 74 valence electrons. The van der Waals surface area contributed by atoms with Gasteiger partial charge in [0, 0.05) is 11.7 Å². The van der Waals surface area contributed by atoms with Gasteiger partial charge < -0.3 is 0 Å². The SMILES string of the molecule is C[C@@H]1CCc2ccccc2N1C(=O)Cl. The van der Waals surface area contributed by atoms with Gasteiger partial charge in [-0.15, -0.1) is 0 Å². The van der Waals surface area contributed by atoms with E-state index in [-0.39, 0.29) is 11.4 Å². The van der Waals surface area contributed by atoms with Crippen molar-refractivity contribution in [3.05, 3.63) is 29.8 Å². The fourth-order valence-corrected chi connectivity index (χ4v) is 2.21. The Bertz CT molecular complexity index is 364. The van der Waals surface area contributed by atoms with Gasteiger partial charge in [0.1, 0.15) is 0 Å². The summed E-state index contributed by atoms with van der Waals surface area (Å²) in [5, 5.41) is -0.385. The summed E-state index contributed by atoms with van der Waals surface area (Å²) in [6.45, 7) is 2.02. The normalized spacial score (nSPS) is 20.4. The molecule has 0 aliphatic carbocycles. The summed E-state index contributed by atoms with van der Waals surface area (Å²) >= 11 is 5.57. The fourth-order valence-electron chi connectivity index (χ4n) is 1.96. The van der Waals surface area contributed by atoms with Gasteiger partial charge in [0.05, 0.1) is 0 Å². The third kappa shape index (κ3) is 1.50. The second-order valence-electron chi connectivity index (χ2n) is 3.64. The standard InChI is InChI=1S/C11H12ClNO/c1-8-6-7-9-4-2-3-5-10(9)13(8)11(12)14/h2-5,8H,6-7H2,1H3/t8-/m1/s1. The summed E-state index contributed by atoms with van der Waals surface area (Å²) in [4.78, 5) is 12.9. The maximum Gasteiger partial charge on any atom is 0.321 e. The number of amides is 1. The monoisotopic (exact) mass is 209 g/mol. The number of hydrogen-bond acceptors (Lipinski definition) is 1. The minimum absolute atomic E-state index is 0.204. The number of nitrogens with zero attached hydrogens (tertiary/aromatic N) is 1. The van der Waals surface area contributed by atoms with Gasteiger partial charge in [0.15, 0.2) is 0 Å². The van der Waals surface area contributed by atoms with Crippen LogP contribution in [0.2, 0.25) is 0 Å². The predicted octanol–water partition coefficient (Wildman–Crippen LogP) is 3.19.